The van der Waals surface area contributed by atoms with Gasteiger partial charge in [0.15, 0.2) is 11.5 Å². The second kappa shape index (κ2) is 6.78. The standard InChI is InChI=1S/C18H21N5O2/c1-23(8-13-6-7-25-10-13)18-15-17(19-11-20-18)22-16(21-15)14-4-2-12(9-24)3-5-14/h2-5,11,13,24H,6-10H2,1H3,(H,19,20,21,22). The van der Waals surface area contributed by atoms with Crippen LogP contribution < -0.4 is 4.90 Å². The lowest BCUT2D eigenvalue weighted by atomic mass is 10.1. The Morgan fingerprint density at radius 3 is 2.84 bits per heavy atom. The van der Waals surface area contributed by atoms with E-state index in [1.165, 1.54) is 0 Å². The number of hydrogen-bond acceptors (Lipinski definition) is 6. The van der Waals surface area contributed by atoms with Crippen molar-refractivity contribution in [1.82, 2.24) is 19.9 Å². The van der Waals surface area contributed by atoms with Crippen LogP contribution in [0.3, 0.4) is 0 Å². The first-order valence-electron chi connectivity index (χ1n) is 8.44. The Kier molecular flexibility index (Phi) is 4.33. The number of ether oxygens (including phenoxy) is 1. The number of aliphatic hydroxyl groups is 1. The Morgan fingerprint density at radius 2 is 2.12 bits per heavy atom. The molecule has 3 heterocycles. The van der Waals surface area contributed by atoms with Gasteiger partial charge in [-0.3, -0.25) is 0 Å². The summed E-state index contributed by atoms with van der Waals surface area (Å²) in [7, 11) is 2.04. The molecule has 0 aliphatic carbocycles. The Balaban J connectivity index is 1.65. The fourth-order valence-electron chi connectivity index (χ4n) is 3.21. The van der Waals surface area contributed by atoms with Gasteiger partial charge in [0.2, 0.25) is 0 Å². The van der Waals surface area contributed by atoms with Crippen LogP contribution in [0.5, 0.6) is 0 Å². The van der Waals surface area contributed by atoms with E-state index in [-0.39, 0.29) is 6.61 Å². The number of rotatable bonds is 5. The summed E-state index contributed by atoms with van der Waals surface area (Å²) in [4.78, 5) is 18.8. The van der Waals surface area contributed by atoms with E-state index in [9.17, 15) is 5.11 Å². The number of nitrogens with zero attached hydrogens (tertiary/aromatic N) is 4. The van der Waals surface area contributed by atoms with E-state index in [4.69, 9.17) is 4.74 Å². The number of H-pyrrole nitrogens is 1. The number of anilines is 1. The van der Waals surface area contributed by atoms with Crippen LogP contribution in [0.25, 0.3) is 22.6 Å². The van der Waals surface area contributed by atoms with Crippen molar-refractivity contribution in [2.24, 2.45) is 5.92 Å². The van der Waals surface area contributed by atoms with E-state index in [2.05, 4.69) is 24.8 Å². The highest BCUT2D eigenvalue weighted by molar-refractivity contribution is 5.85. The smallest absolute Gasteiger partial charge is 0.183 e. The summed E-state index contributed by atoms with van der Waals surface area (Å²) in [5.41, 5.74) is 3.32. The van der Waals surface area contributed by atoms with Crippen molar-refractivity contribution in [3.05, 3.63) is 36.2 Å². The fraction of sp³-hybridized carbons (Fsp3) is 0.389. The molecule has 7 nitrogen and oxygen atoms in total. The maximum atomic E-state index is 9.17. The molecule has 25 heavy (non-hydrogen) atoms. The molecule has 0 bridgehead atoms. The largest absolute Gasteiger partial charge is 0.392 e. The number of fused-ring (bicyclic) bond motifs is 1. The number of aliphatic hydroxyl groups excluding tert-OH is 1. The zero-order valence-corrected chi connectivity index (χ0v) is 14.1. The van der Waals surface area contributed by atoms with Crippen molar-refractivity contribution >= 4 is 17.0 Å². The molecular formula is C18H21N5O2. The predicted octanol–water partition coefficient (Wildman–Crippen LogP) is 1.98. The van der Waals surface area contributed by atoms with Crippen molar-refractivity contribution in [3.63, 3.8) is 0 Å². The van der Waals surface area contributed by atoms with Gasteiger partial charge in [-0.05, 0) is 12.0 Å². The fourth-order valence-corrected chi connectivity index (χ4v) is 3.21. The molecule has 0 amide bonds. The highest BCUT2D eigenvalue weighted by Crippen LogP contribution is 2.26. The molecule has 7 heteroatoms. The number of imidazole rings is 1. The Labute approximate surface area is 145 Å². The van der Waals surface area contributed by atoms with E-state index in [0.717, 1.165) is 54.5 Å². The molecule has 0 saturated carbocycles. The van der Waals surface area contributed by atoms with Gasteiger partial charge in [-0.25, -0.2) is 15.0 Å². The van der Waals surface area contributed by atoms with Crippen LogP contribution in [0.15, 0.2) is 30.6 Å². The van der Waals surface area contributed by atoms with Gasteiger partial charge in [0.25, 0.3) is 0 Å². The van der Waals surface area contributed by atoms with E-state index in [1.807, 2.05) is 31.3 Å². The van der Waals surface area contributed by atoms with Gasteiger partial charge < -0.3 is 19.7 Å². The van der Waals surface area contributed by atoms with Gasteiger partial charge in [0.1, 0.15) is 17.7 Å². The molecule has 1 unspecified atom stereocenters. The van der Waals surface area contributed by atoms with Crippen molar-refractivity contribution in [2.45, 2.75) is 13.0 Å². The highest BCUT2D eigenvalue weighted by atomic mass is 16.5. The zero-order valence-electron chi connectivity index (χ0n) is 14.1. The van der Waals surface area contributed by atoms with Gasteiger partial charge in [-0.2, -0.15) is 0 Å². The molecule has 2 aromatic heterocycles. The minimum absolute atomic E-state index is 0.0334. The van der Waals surface area contributed by atoms with Crippen molar-refractivity contribution in [2.75, 3.05) is 31.7 Å². The SMILES string of the molecule is CN(CC1CCOC1)c1ncnc2nc(-c3ccc(CO)cc3)[nH]c12. The Bertz CT molecular complexity index is 856. The van der Waals surface area contributed by atoms with E-state index in [0.29, 0.717) is 11.6 Å². The third kappa shape index (κ3) is 3.20. The minimum Gasteiger partial charge on any atom is -0.392 e. The first-order valence-corrected chi connectivity index (χ1v) is 8.44. The molecule has 1 fully saturated rings. The Hall–Kier alpha value is -2.51. The van der Waals surface area contributed by atoms with E-state index < -0.39 is 0 Å². The molecule has 1 aromatic carbocycles. The first-order chi connectivity index (χ1) is 12.2. The molecule has 4 rings (SSSR count). The molecule has 1 atom stereocenters. The molecule has 1 aliphatic heterocycles. The van der Waals surface area contributed by atoms with Gasteiger partial charge in [0.05, 0.1) is 13.2 Å². The van der Waals surface area contributed by atoms with E-state index >= 15 is 0 Å². The summed E-state index contributed by atoms with van der Waals surface area (Å²) in [5.74, 6) is 2.13. The lowest BCUT2D eigenvalue weighted by molar-refractivity contribution is 0.186. The maximum Gasteiger partial charge on any atom is 0.183 e. The summed E-state index contributed by atoms with van der Waals surface area (Å²) < 4.78 is 5.46. The monoisotopic (exact) mass is 339 g/mol. The van der Waals surface area contributed by atoms with Crippen molar-refractivity contribution < 1.29 is 9.84 Å². The summed E-state index contributed by atoms with van der Waals surface area (Å²) in [5, 5.41) is 9.17. The quantitative estimate of drug-likeness (QED) is 0.739. The van der Waals surface area contributed by atoms with Crippen molar-refractivity contribution in [1.29, 1.82) is 0 Å². The molecule has 1 aliphatic rings. The van der Waals surface area contributed by atoms with Gasteiger partial charge in [-0.1, -0.05) is 24.3 Å². The van der Waals surface area contributed by atoms with E-state index in [1.54, 1.807) is 6.33 Å². The number of hydrogen-bond donors (Lipinski definition) is 2. The van der Waals surface area contributed by atoms with Crippen LogP contribution >= 0.6 is 0 Å². The molecule has 130 valence electrons. The summed E-state index contributed by atoms with van der Waals surface area (Å²) in [6, 6.07) is 7.66. The second-order valence-corrected chi connectivity index (χ2v) is 6.45. The molecule has 0 radical (unpaired) electrons. The first kappa shape index (κ1) is 16.0. The zero-order chi connectivity index (χ0) is 17.2. The number of benzene rings is 1. The average Bonchev–Trinajstić information content (AvgIpc) is 3.30. The van der Waals surface area contributed by atoms with Crippen LogP contribution in [-0.2, 0) is 11.3 Å². The Morgan fingerprint density at radius 1 is 1.28 bits per heavy atom. The second-order valence-electron chi connectivity index (χ2n) is 6.45. The van der Waals surface area contributed by atoms with Gasteiger partial charge >= 0.3 is 0 Å². The van der Waals surface area contributed by atoms with Crippen molar-refractivity contribution in [3.8, 4) is 11.4 Å². The third-order valence-electron chi connectivity index (χ3n) is 4.60. The highest BCUT2D eigenvalue weighted by Gasteiger charge is 2.20. The average molecular weight is 339 g/mol. The molecule has 1 saturated heterocycles. The lowest BCUT2D eigenvalue weighted by Crippen LogP contribution is -2.26. The van der Waals surface area contributed by atoms with Crippen LogP contribution in [0.4, 0.5) is 5.82 Å². The molecule has 2 N–H and O–H groups in total. The number of nitrogens with one attached hydrogen (secondary N) is 1. The molecule has 0 spiro atoms. The normalized spacial score (nSPS) is 17.3. The predicted molar refractivity (Wildman–Crippen MR) is 95.2 cm³/mol. The lowest BCUT2D eigenvalue weighted by Gasteiger charge is -2.21. The van der Waals surface area contributed by atoms with Crippen LogP contribution in [0.2, 0.25) is 0 Å². The number of aromatic nitrogens is 4. The summed E-state index contributed by atoms with van der Waals surface area (Å²) in [6.45, 7) is 2.58. The minimum atomic E-state index is 0.0334. The van der Waals surface area contributed by atoms with Crippen LogP contribution in [0.1, 0.15) is 12.0 Å². The molecular weight excluding hydrogens is 318 g/mol. The van der Waals surface area contributed by atoms with Crippen LogP contribution in [-0.4, -0.2) is 51.8 Å². The molecule has 3 aromatic rings. The number of aromatic amines is 1. The summed E-state index contributed by atoms with van der Waals surface area (Å²) >= 11 is 0. The van der Waals surface area contributed by atoms with Crippen LogP contribution in [0, 0.1) is 5.92 Å². The summed E-state index contributed by atoms with van der Waals surface area (Å²) in [6.07, 6.45) is 2.64. The van der Waals surface area contributed by atoms with Gasteiger partial charge in [-0.15, -0.1) is 0 Å². The third-order valence-corrected chi connectivity index (χ3v) is 4.60. The van der Waals surface area contributed by atoms with Gasteiger partial charge in [0, 0.05) is 31.7 Å². The topological polar surface area (TPSA) is 87.2 Å². The maximum absolute atomic E-state index is 9.17.